The number of nitrogens with one attached hydrogen (secondary N) is 1. The van der Waals surface area contributed by atoms with E-state index in [2.05, 4.69) is 15.5 Å². The number of nitro groups is 1. The number of aliphatic hydroxyl groups excluding tert-OH is 1. The average molecular weight is 286 g/mol. The number of nitro benzene ring substituents is 1. The SMILES string of the molecule is CC(O)Nc1cccc(N=Nc2ccccc2)c1[N+](=O)[O-]. The minimum atomic E-state index is -0.912. The Morgan fingerprint density at radius 2 is 1.86 bits per heavy atom. The summed E-state index contributed by atoms with van der Waals surface area (Å²) < 4.78 is 0. The molecule has 2 aromatic rings. The van der Waals surface area contributed by atoms with E-state index < -0.39 is 11.2 Å². The molecule has 0 radical (unpaired) electrons. The van der Waals surface area contributed by atoms with Gasteiger partial charge in [-0.25, -0.2) is 0 Å². The predicted molar refractivity (Wildman–Crippen MR) is 79.0 cm³/mol. The first-order valence-corrected chi connectivity index (χ1v) is 6.26. The molecular formula is C14H14N4O3. The van der Waals surface area contributed by atoms with Crippen LogP contribution in [-0.4, -0.2) is 16.3 Å². The predicted octanol–water partition coefficient (Wildman–Crippen LogP) is 3.76. The van der Waals surface area contributed by atoms with Crippen molar-refractivity contribution in [1.29, 1.82) is 0 Å². The Kier molecular flexibility index (Phi) is 4.57. The third-order valence-corrected chi connectivity index (χ3v) is 2.59. The Balaban J connectivity index is 2.39. The molecule has 2 aromatic carbocycles. The maximum atomic E-state index is 11.2. The second-order valence-corrected chi connectivity index (χ2v) is 4.29. The first kappa shape index (κ1) is 14.6. The minimum Gasteiger partial charge on any atom is -0.374 e. The molecule has 0 aliphatic heterocycles. The normalized spacial score (nSPS) is 12.3. The first-order chi connectivity index (χ1) is 10.1. The summed E-state index contributed by atoms with van der Waals surface area (Å²) in [6.07, 6.45) is -0.912. The second-order valence-electron chi connectivity index (χ2n) is 4.29. The van der Waals surface area contributed by atoms with Gasteiger partial charge in [0.2, 0.25) is 0 Å². The molecule has 0 aliphatic rings. The van der Waals surface area contributed by atoms with Crippen LogP contribution in [0.3, 0.4) is 0 Å². The molecule has 0 bridgehead atoms. The summed E-state index contributed by atoms with van der Waals surface area (Å²) in [5.41, 5.74) is 0.688. The summed E-state index contributed by atoms with van der Waals surface area (Å²) in [4.78, 5) is 10.7. The lowest BCUT2D eigenvalue weighted by molar-refractivity contribution is -0.383. The number of hydrogen-bond donors (Lipinski definition) is 2. The van der Waals surface area contributed by atoms with Crippen molar-refractivity contribution >= 4 is 22.7 Å². The van der Waals surface area contributed by atoms with Gasteiger partial charge in [-0.15, -0.1) is 5.11 Å². The fraction of sp³-hybridized carbons (Fsp3) is 0.143. The van der Waals surface area contributed by atoms with Crippen molar-refractivity contribution in [2.24, 2.45) is 10.2 Å². The van der Waals surface area contributed by atoms with Crippen molar-refractivity contribution in [2.45, 2.75) is 13.2 Å². The summed E-state index contributed by atoms with van der Waals surface area (Å²) in [6, 6.07) is 13.5. The number of hydrogen-bond acceptors (Lipinski definition) is 6. The number of azo groups is 1. The molecule has 0 saturated carbocycles. The van der Waals surface area contributed by atoms with Crippen LogP contribution < -0.4 is 5.32 Å². The van der Waals surface area contributed by atoms with E-state index in [1.165, 1.54) is 19.1 Å². The summed E-state index contributed by atoms with van der Waals surface area (Å²) >= 11 is 0. The zero-order valence-corrected chi connectivity index (χ0v) is 11.3. The molecule has 1 atom stereocenters. The molecule has 2 rings (SSSR count). The smallest absolute Gasteiger partial charge is 0.319 e. The van der Waals surface area contributed by atoms with Crippen molar-refractivity contribution in [3.8, 4) is 0 Å². The van der Waals surface area contributed by atoms with Gasteiger partial charge < -0.3 is 10.4 Å². The van der Waals surface area contributed by atoms with Gasteiger partial charge in [-0.2, -0.15) is 5.11 Å². The maximum Gasteiger partial charge on any atom is 0.319 e. The Bertz CT molecular complexity index is 657. The molecule has 1 unspecified atom stereocenters. The molecule has 0 saturated heterocycles. The van der Waals surface area contributed by atoms with E-state index in [1.54, 1.807) is 30.3 Å². The molecule has 0 aromatic heterocycles. The van der Waals surface area contributed by atoms with Gasteiger partial charge in [0.1, 0.15) is 11.9 Å². The highest BCUT2D eigenvalue weighted by molar-refractivity contribution is 5.74. The quantitative estimate of drug-likeness (QED) is 0.378. The Labute approximate surface area is 121 Å². The van der Waals surface area contributed by atoms with E-state index in [1.807, 2.05) is 6.07 Å². The molecule has 21 heavy (non-hydrogen) atoms. The molecule has 0 heterocycles. The molecule has 7 heteroatoms. The Hall–Kier alpha value is -2.80. The molecule has 2 N–H and O–H groups in total. The van der Waals surface area contributed by atoms with Gasteiger partial charge in [-0.05, 0) is 31.2 Å². The van der Waals surface area contributed by atoms with Crippen molar-refractivity contribution in [1.82, 2.24) is 0 Å². The van der Waals surface area contributed by atoms with Gasteiger partial charge in [0, 0.05) is 0 Å². The number of para-hydroxylation sites is 1. The van der Waals surface area contributed by atoms with Crippen LogP contribution in [0, 0.1) is 10.1 Å². The molecular weight excluding hydrogens is 272 g/mol. The van der Waals surface area contributed by atoms with E-state index in [0.29, 0.717) is 5.69 Å². The van der Waals surface area contributed by atoms with Crippen LogP contribution in [0.15, 0.2) is 58.8 Å². The standard InChI is InChI=1S/C14H14N4O3/c1-10(19)15-12-8-5-9-13(14(12)18(20)21)17-16-11-6-3-2-4-7-11/h2-10,15,19H,1H3. The topological polar surface area (TPSA) is 100 Å². The second kappa shape index (κ2) is 6.58. The van der Waals surface area contributed by atoms with E-state index in [0.717, 1.165) is 0 Å². The molecule has 0 amide bonds. The van der Waals surface area contributed by atoms with Gasteiger partial charge in [-0.1, -0.05) is 24.3 Å². The van der Waals surface area contributed by atoms with Gasteiger partial charge in [-0.3, -0.25) is 10.1 Å². The monoisotopic (exact) mass is 286 g/mol. The van der Waals surface area contributed by atoms with Crippen LogP contribution in [0.5, 0.6) is 0 Å². The minimum absolute atomic E-state index is 0.120. The largest absolute Gasteiger partial charge is 0.374 e. The Morgan fingerprint density at radius 1 is 1.14 bits per heavy atom. The van der Waals surface area contributed by atoms with Crippen molar-refractivity contribution < 1.29 is 10.0 Å². The van der Waals surface area contributed by atoms with Gasteiger partial charge in [0.05, 0.1) is 10.6 Å². The molecule has 0 aliphatic carbocycles. The van der Waals surface area contributed by atoms with Gasteiger partial charge >= 0.3 is 5.69 Å². The van der Waals surface area contributed by atoms with Crippen LogP contribution in [-0.2, 0) is 0 Å². The van der Waals surface area contributed by atoms with Crippen LogP contribution in [0.1, 0.15) is 6.92 Å². The molecule has 7 nitrogen and oxygen atoms in total. The number of aliphatic hydroxyl groups is 1. The lowest BCUT2D eigenvalue weighted by Gasteiger charge is -2.09. The zero-order valence-electron chi connectivity index (χ0n) is 11.3. The van der Waals surface area contributed by atoms with Crippen molar-refractivity contribution in [2.75, 3.05) is 5.32 Å². The molecule has 0 spiro atoms. The first-order valence-electron chi connectivity index (χ1n) is 6.26. The lowest BCUT2D eigenvalue weighted by Crippen LogP contribution is -2.14. The van der Waals surface area contributed by atoms with Crippen molar-refractivity contribution in [3.05, 3.63) is 58.6 Å². The Morgan fingerprint density at radius 3 is 2.48 bits per heavy atom. The van der Waals surface area contributed by atoms with Gasteiger partial charge in [0.25, 0.3) is 0 Å². The third kappa shape index (κ3) is 3.83. The number of benzene rings is 2. The number of rotatable bonds is 5. The fourth-order valence-corrected chi connectivity index (χ4v) is 1.75. The zero-order chi connectivity index (χ0) is 15.2. The van der Waals surface area contributed by atoms with Crippen LogP contribution in [0.2, 0.25) is 0 Å². The highest BCUT2D eigenvalue weighted by Gasteiger charge is 2.20. The summed E-state index contributed by atoms with van der Waals surface area (Å²) in [7, 11) is 0. The molecule has 0 fully saturated rings. The summed E-state index contributed by atoms with van der Waals surface area (Å²) in [6.45, 7) is 1.47. The van der Waals surface area contributed by atoms with E-state index in [-0.39, 0.29) is 17.1 Å². The van der Waals surface area contributed by atoms with E-state index >= 15 is 0 Å². The summed E-state index contributed by atoms with van der Waals surface area (Å²) in [5, 5.41) is 31.0. The van der Waals surface area contributed by atoms with Crippen molar-refractivity contribution in [3.63, 3.8) is 0 Å². The number of nitrogens with zero attached hydrogens (tertiary/aromatic N) is 3. The highest BCUT2D eigenvalue weighted by Crippen LogP contribution is 2.36. The van der Waals surface area contributed by atoms with E-state index in [9.17, 15) is 15.2 Å². The van der Waals surface area contributed by atoms with Crippen LogP contribution in [0.4, 0.5) is 22.7 Å². The average Bonchev–Trinajstić information content (AvgIpc) is 2.45. The fourth-order valence-electron chi connectivity index (χ4n) is 1.75. The third-order valence-electron chi connectivity index (χ3n) is 2.59. The lowest BCUT2D eigenvalue weighted by atomic mass is 10.2. The summed E-state index contributed by atoms with van der Waals surface area (Å²) in [5.74, 6) is 0. The highest BCUT2D eigenvalue weighted by atomic mass is 16.6. The number of anilines is 1. The van der Waals surface area contributed by atoms with Crippen LogP contribution >= 0.6 is 0 Å². The van der Waals surface area contributed by atoms with Crippen LogP contribution in [0.25, 0.3) is 0 Å². The maximum absolute atomic E-state index is 11.2. The molecule has 108 valence electrons. The van der Waals surface area contributed by atoms with E-state index in [4.69, 9.17) is 0 Å². The van der Waals surface area contributed by atoms with Gasteiger partial charge in [0.15, 0.2) is 5.69 Å².